The van der Waals surface area contributed by atoms with Gasteiger partial charge < -0.3 is 5.73 Å². The lowest BCUT2D eigenvalue weighted by Crippen LogP contribution is -1.89. The summed E-state index contributed by atoms with van der Waals surface area (Å²) in [5.41, 5.74) is 6.44. The quantitative estimate of drug-likeness (QED) is 0.659. The van der Waals surface area contributed by atoms with Crippen LogP contribution in [-0.2, 0) is 12.2 Å². The van der Waals surface area contributed by atoms with Gasteiger partial charge in [0.05, 0.1) is 0 Å². The number of thiophene rings is 1. The molecule has 2 N–H and O–H groups in total. The maximum atomic E-state index is 13.1. The van der Waals surface area contributed by atoms with Crippen molar-refractivity contribution >= 4 is 28.8 Å². The van der Waals surface area contributed by atoms with Crippen LogP contribution in [0.3, 0.4) is 0 Å². The minimum absolute atomic E-state index is 0.234. The van der Waals surface area contributed by atoms with Crippen LogP contribution in [0.1, 0.15) is 16.7 Å². The highest BCUT2D eigenvalue weighted by Gasteiger charge is 2.04. The predicted octanol–water partition coefficient (Wildman–Crippen LogP) is 4.32. The molecule has 1 heterocycles. The lowest BCUT2D eigenvalue weighted by Gasteiger charge is -2.04. The summed E-state index contributed by atoms with van der Waals surface area (Å²) in [7, 11) is 0. The molecule has 0 fully saturated rings. The molecule has 0 aliphatic heterocycles. The standard InChI is InChI=1S/C13H14FNS2/c1-2-10-4-5-11(17-10)8-16-13-7-9(14)3-6-12(13)15/h3-7H,2,8,15H2,1H3. The number of hydrogen-bond donors (Lipinski definition) is 1. The number of aryl methyl sites for hydroxylation is 1. The van der Waals surface area contributed by atoms with Crippen molar-refractivity contribution in [2.24, 2.45) is 0 Å². The number of halogens is 1. The molecule has 0 spiro atoms. The Balaban J connectivity index is 2.04. The molecule has 0 radical (unpaired) electrons. The first kappa shape index (κ1) is 12.5. The first-order chi connectivity index (χ1) is 8.19. The van der Waals surface area contributed by atoms with Gasteiger partial charge in [0.1, 0.15) is 5.82 Å². The second-order valence-electron chi connectivity index (χ2n) is 3.69. The average molecular weight is 267 g/mol. The molecule has 0 saturated heterocycles. The monoisotopic (exact) mass is 267 g/mol. The molecule has 4 heteroatoms. The fraction of sp³-hybridized carbons (Fsp3) is 0.231. The van der Waals surface area contributed by atoms with E-state index >= 15 is 0 Å². The molecule has 90 valence electrons. The van der Waals surface area contributed by atoms with Crippen LogP contribution in [0.2, 0.25) is 0 Å². The summed E-state index contributed by atoms with van der Waals surface area (Å²) < 4.78 is 13.1. The van der Waals surface area contributed by atoms with Crippen molar-refractivity contribution in [3.8, 4) is 0 Å². The largest absolute Gasteiger partial charge is 0.398 e. The Hall–Kier alpha value is -1.00. The molecule has 0 saturated carbocycles. The van der Waals surface area contributed by atoms with Crippen LogP contribution < -0.4 is 5.73 Å². The van der Waals surface area contributed by atoms with Gasteiger partial charge in [0.2, 0.25) is 0 Å². The fourth-order valence-electron chi connectivity index (χ4n) is 1.47. The summed E-state index contributed by atoms with van der Waals surface area (Å²) in [5.74, 6) is 0.611. The number of thioether (sulfide) groups is 1. The second-order valence-corrected chi connectivity index (χ2v) is 5.96. The Kier molecular flexibility index (Phi) is 4.07. The van der Waals surface area contributed by atoms with Gasteiger partial charge in [0, 0.05) is 26.1 Å². The van der Waals surface area contributed by atoms with Gasteiger partial charge in [0.15, 0.2) is 0 Å². The Morgan fingerprint density at radius 3 is 2.71 bits per heavy atom. The van der Waals surface area contributed by atoms with E-state index in [4.69, 9.17) is 5.73 Å². The van der Waals surface area contributed by atoms with Gasteiger partial charge in [-0.2, -0.15) is 0 Å². The first-order valence-corrected chi connectivity index (χ1v) is 7.24. The van der Waals surface area contributed by atoms with Gasteiger partial charge in [-0.25, -0.2) is 4.39 Å². The van der Waals surface area contributed by atoms with Gasteiger partial charge in [-0.1, -0.05) is 6.92 Å². The Morgan fingerprint density at radius 1 is 1.24 bits per heavy atom. The number of anilines is 1. The van der Waals surface area contributed by atoms with Crippen molar-refractivity contribution in [2.45, 2.75) is 24.0 Å². The second kappa shape index (κ2) is 5.56. The smallest absolute Gasteiger partial charge is 0.124 e. The maximum Gasteiger partial charge on any atom is 0.124 e. The van der Waals surface area contributed by atoms with Crippen molar-refractivity contribution in [3.05, 3.63) is 45.9 Å². The zero-order valence-corrected chi connectivity index (χ0v) is 11.2. The summed E-state index contributed by atoms with van der Waals surface area (Å²) in [4.78, 5) is 3.50. The van der Waals surface area contributed by atoms with E-state index in [0.29, 0.717) is 5.69 Å². The highest BCUT2D eigenvalue weighted by molar-refractivity contribution is 7.98. The molecule has 0 amide bonds. The zero-order chi connectivity index (χ0) is 12.3. The third kappa shape index (κ3) is 3.23. The average Bonchev–Trinajstić information content (AvgIpc) is 2.78. The van der Waals surface area contributed by atoms with Crippen LogP contribution in [0, 0.1) is 5.82 Å². The Morgan fingerprint density at radius 2 is 2.00 bits per heavy atom. The van der Waals surface area contributed by atoms with Crippen LogP contribution in [-0.4, -0.2) is 0 Å². The normalized spacial score (nSPS) is 10.7. The molecule has 0 aliphatic carbocycles. The third-order valence-electron chi connectivity index (χ3n) is 2.41. The van der Waals surface area contributed by atoms with E-state index in [1.807, 2.05) is 0 Å². The molecular formula is C13H14FNS2. The van der Waals surface area contributed by atoms with Crippen molar-refractivity contribution in [2.75, 3.05) is 5.73 Å². The van der Waals surface area contributed by atoms with Crippen LogP contribution in [0.15, 0.2) is 35.2 Å². The van der Waals surface area contributed by atoms with Crippen LogP contribution in [0.25, 0.3) is 0 Å². The molecule has 1 aromatic carbocycles. The van der Waals surface area contributed by atoms with E-state index in [0.717, 1.165) is 17.1 Å². The van der Waals surface area contributed by atoms with Crippen LogP contribution in [0.5, 0.6) is 0 Å². The Labute approximate surface area is 109 Å². The highest BCUT2D eigenvalue weighted by atomic mass is 32.2. The zero-order valence-electron chi connectivity index (χ0n) is 9.57. The molecule has 0 aliphatic rings. The van der Waals surface area contributed by atoms with Gasteiger partial charge >= 0.3 is 0 Å². The molecular weight excluding hydrogens is 253 g/mol. The van der Waals surface area contributed by atoms with Crippen molar-refractivity contribution in [3.63, 3.8) is 0 Å². The van der Waals surface area contributed by atoms with Crippen LogP contribution in [0.4, 0.5) is 10.1 Å². The molecule has 17 heavy (non-hydrogen) atoms. The summed E-state index contributed by atoms with van der Waals surface area (Å²) in [6, 6.07) is 8.78. The number of hydrogen-bond acceptors (Lipinski definition) is 3. The number of nitrogens with two attached hydrogens (primary N) is 1. The van der Waals surface area contributed by atoms with Crippen molar-refractivity contribution < 1.29 is 4.39 Å². The third-order valence-corrected chi connectivity index (χ3v) is 4.94. The lowest BCUT2D eigenvalue weighted by molar-refractivity contribution is 0.624. The molecule has 1 nitrogen and oxygen atoms in total. The summed E-state index contributed by atoms with van der Waals surface area (Å²) in [6.45, 7) is 2.15. The molecule has 1 aromatic heterocycles. The lowest BCUT2D eigenvalue weighted by atomic mass is 10.3. The molecule has 0 atom stereocenters. The topological polar surface area (TPSA) is 26.0 Å². The van der Waals surface area contributed by atoms with E-state index < -0.39 is 0 Å². The Bertz CT molecular complexity index is 508. The van der Waals surface area contributed by atoms with Crippen molar-refractivity contribution in [1.29, 1.82) is 0 Å². The van der Waals surface area contributed by atoms with E-state index in [-0.39, 0.29) is 5.82 Å². The van der Waals surface area contributed by atoms with Crippen LogP contribution >= 0.6 is 23.1 Å². The van der Waals surface area contributed by atoms with Gasteiger partial charge in [-0.05, 0) is 36.8 Å². The number of rotatable bonds is 4. The fourth-order valence-corrected chi connectivity index (χ4v) is 3.46. The minimum Gasteiger partial charge on any atom is -0.398 e. The highest BCUT2D eigenvalue weighted by Crippen LogP contribution is 2.31. The summed E-state index contributed by atoms with van der Waals surface area (Å²) in [5, 5.41) is 0. The molecule has 2 aromatic rings. The minimum atomic E-state index is -0.234. The molecule has 0 unspecified atom stereocenters. The van der Waals surface area contributed by atoms with Crippen molar-refractivity contribution in [1.82, 2.24) is 0 Å². The van der Waals surface area contributed by atoms with E-state index in [2.05, 4.69) is 19.1 Å². The van der Waals surface area contributed by atoms with E-state index in [1.54, 1.807) is 29.2 Å². The predicted molar refractivity (Wildman–Crippen MR) is 74.1 cm³/mol. The maximum absolute atomic E-state index is 13.1. The molecule has 2 rings (SSSR count). The summed E-state index contributed by atoms with van der Waals surface area (Å²) in [6.07, 6.45) is 1.07. The number of nitrogen functional groups attached to an aromatic ring is 1. The number of benzene rings is 1. The SMILES string of the molecule is CCc1ccc(CSc2cc(F)ccc2N)s1. The summed E-state index contributed by atoms with van der Waals surface area (Å²) >= 11 is 3.39. The first-order valence-electron chi connectivity index (χ1n) is 5.44. The molecule has 0 bridgehead atoms. The van der Waals surface area contributed by atoms with E-state index in [9.17, 15) is 4.39 Å². The van der Waals surface area contributed by atoms with Gasteiger partial charge in [-0.15, -0.1) is 23.1 Å². The van der Waals surface area contributed by atoms with E-state index in [1.165, 1.54) is 21.9 Å². The van der Waals surface area contributed by atoms with Gasteiger partial charge in [-0.3, -0.25) is 0 Å². The van der Waals surface area contributed by atoms with Gasteiger partial charge in [0.25, 0.3) is 0 Å².